The van der Waals surface area contributed by atoms with Gasteiger partial charge in [0.05, 0.1) is 5.69 Å². The summed E-state index contributed by atoms with van der Waals surface area (Å²) < 4.78 is 1.90. The number of aromatic nitrogens is 2. The van der Waals surface area contributed by atoms with Crippen LogP contribution in [0.5, 0.6) is 0 Å². The van der Waals surface area contributed by atoms with Crippen LogP contribution < -0.4 is 5.32 Å². The largest absolute Gasteiger partial charge is 0.311 e. The zero-order chi connectivity index (χ0) is 13.7. The third kappa shape index (κ3) is 4.05. The highest BCUT2D eigenvalue weighted by atomic mass is 15.3. The first-order valence-corrected chi connectivity index (χ1v) is 7.68. The second-order valence-electron chi connectivity index (χ2n) is 5.75. The SMILES string of the molecule is CCCC1CN(Cc2ccn(C)n2)C(CCC)CN1. The number of rotatable bonds is 6. The summed E-state index contributed by atoms with van der Waals surface area (Å²) in [6.07, 6.45) is 7.10. The molecule has 2 unspecified atom stereocenters. The van der Waals surface area contributed by atoms with Gasteiger partial charge in [-0.25, -0.2) is 0 Å². The molecule has 1 aromatic heterocycles. The fraction of sp³-hybridized carbons (Fsp3) is 0.800. The van der Waals surface area contributed by atoms with Crippen LogP contribution >= 0.6 is 0 Å². The summed E-state index contributed by atoms with van der Waals surface area (Å²) in [6, 6.07) is 3.46. The molecular weight excluding hydrogens is 236 g/mol. The van der Waals surface area contributed by atoms with Crippen LogP contribution in [0.3, 0.4) is 0 Å². The van der Waals surface area contributed by atoms with Gasteiger partial charge in [0.1, 0.15) is 0 Å². The Balaban J connectivity index is 1.98. The van der Waals surface area contributed by atoms with Crippen LogP contribution in [0.25, 0.3) is 0 Å². The van der Waals surface area contributed by atoms with Crippen LogP contribution in [0.15, 0.2) is 12.3 Å². The molecule has 1 aromatic rings. The first-order chi connectivity index (χ1) is 9.22. The minimum atomic E-state index is 0.654. The maximum Gasteiger partial charge on any atom is 0.0764 e. The summed E-state index contributed by atoms with van der Waals surface area (Å²) >= 11 is 0. The molecule has 0 saturated carbocycles. The molecule has 1 aliphatic rings. The number of aryl methyl sites for hydroxylation is 1. The van der Waals surface area contributed by atoms with Crippen molar-refractivity contribution in [2.75, 3.05) is 13.1 Å². The number of nitrogens with zero attached hydrogens (tertiary/aromatic N) is 3. The van der Waals surface area contributed by atoms with Gasteiger partial charge >= 0.3 is 0 Å². The molecule has 19 heavy (non-hydrogen) atoms. The Morgan fingerprint density at radius 2 is 2.11 bits per heavy atom. The van der Waals surface area contributed by atoms with Gasteiger partial charge in [0.25, 0.3) is 0 Å². The van der Waals surface area contributed by atoms with Gasteiger partial charge in [-0.3, -0.25) is 9.58 Å². The standard InChI is InChI=1S/C15H28N4/c1-4-6-13-11-19(15(7-5-2)10-16-13)12-14-8-9-18(3)17-14/h8-9,13,15-16H,4-7,10-12H2,1-3H3. The summed E-state index contributed by atoms with van der Waals surface area (Å²) in [4.78, 5) is 2.63. The van der Waals surface area contributed by atoms with Crippen molar-refractivity contribution < 1.29 is 0 Å². The van der Waals surface area contributed by atoms with E-state index in [0.29, 0.717) is 12.1 Å². The molecule has 0 aromatic carbocycles. The Labute approximate surface area is 117 Å². The van der Waals surface area contributed by atoms with E-state index in [1.54, 1.807) is 0 Å². The minimum Gasteiger partial charge on any atom is -0.311 e. The summed E-state index contributed by atoms with van der Waals surface area (Å²) in [7, 11) is 1.99. The molecule has 2 atom stereocenters. The van der Waals surface area contributed by atoms with E-state index >= 15 is 0 Å². The number of piperazine rings is 1. The molecule has 4 heteroatoms. The number of hydrogen-bond donors (Lipinski definition) is 1. The molecule has 0 bridgehead atoms. The molecule has 0 amide bonds. The van der Waals surface area contributed by atoms with Gasteiger partial charge in [0, 0.05) is 45.0 Å². The van der Waals surface area contributed by atoms with Gasteiger partial charge < -0.3 is 5.32 Å². The Kier molecular flexibility index (Phi) is 5.40. The maximum atomic E-state index is 4.52. The lowest BCUT2D eigenvalue weighted by atomic mass is 10.0. The van der Waals surface area contributed by atoms with E-state index < -0.39 is 0 Å². The first kappa shape index (κ1) is 14.5. The maximum absolute atomic E-state index is 4.52. The van der Waals surface area contributed by atoms with Crippen molar-refractivity contribution in [2.45, 2.75) is 58.2 Å². The van der Waals surface area contributed by atoms with E-state index in [1.165, 1.54) is 31.4 Å². The van der Waals surface area contributed by atoms with Gasteiger partial charge in [0.2, 0.25) is 0 Å². The number of nitrogens with one attached hydrogen (secondary N) is 1. The van der Waals surface area contributed by atoms with Crippen LogP contribution in [-0.4, -0.2) is 39.9 Å². The molecule has 0 aliphatic carbocycles. The molecule has 4 nitrogen and oxygen atoms in total. The van der Waals surface area contributed by atoms with Gasteiger partial charge in [0.15, 0.2) is 0 Å². The third-order valence-electron chi connectivity index (χ3n) is 4.01. The highest BCUT2D eigenvalue weighted by molar-refractivity contribution is 5.00. The average Bonchev–Trinajstić information content (AvgIpc) is 2.79. The molecule has 2 rings (SSSR count). The van der Waals surface area contributed by atoms with Crippen molar-refractivity contribution in [3.8, 4) is 0 Å². The smallest absolute Gasteiger partial charge is 0.0764 e. The van der Waals surface area contributed by atoms with E-state index in [-0.39, 0.29) is 0 Å². The van der Waals surface area contributed by atoms with Crippen molar-refractivity contribution in [1.29, 1.82) is 0 Å². The topological polar surface area (TPSA) is 33.1 Å². The van der Waals surface area contributed by atoms with Crippen molar-refractivity contribution >= 4 is 0 Å². The summed E-state index contributed by atoms with van der Waals surface area (Å²) in [5.74, 6) is 0. The Morgan fingerprint density at radius 1 is 1.32 bits per heavy atom. The van der Waals surface area contributed by atoms with E-state index in [2.05, 4.69) is 35.2 Å². The zero-order valence-corrected chi connectivity index (χ0v) is 12.6. The van der Waals surface area contributed by atoms with Crippen LogP contribution in [0.4, 0.5) is 0 Å². The lowest BCUT2D eigenvalue weighted by molar-refractivity contribution is 0.110. The summed E-state index contributed by atoms with van der Waals surface area (Å²) in [6.45, 7) is 7.83. The Morgan fingerprint density at radius 3 is 2.74 bits per heavy atom. The second-order valence-corrected chi connectivity index (χ2v) is 5.75. The molecule has 1 saturated heterocycles. The fourth-order valence-electron chi connectivity index (χ4n) is 3.04. The lowest BCUT2D eigenvalue weighted by Crippen LogP contribution is -2.55. The molecular formula is C15H28N4. The predicted octanol–water partition coefficient (Wildman–Crippen LogP) is 2.16. The second kappa shape index (κ2) is 7.06. The van der Waals surface area contributed by atoms with Crippen molar-refractivity contribution in [2.24, 2.45) is 7.05 Å². The number of hydrogen-bond acceptors (Lipinski definition) is 3. The van der Waals surface area contributed by atoms with Gasteiger partial charge in [-0.1, -0.05) is 26.7 Å². The molecule has 0 spiro atoms. The van der Waals surface area contributed by atoms with E-state index in [9.17, 15) is 0 Å². The van der Waals surface area contributed by atoms with Gasteiger partial charge in [-0.2, -0.15) is 5.10 Å². The minimum absolute atomic E-state index is 0.654. The van der Waals surface area contributed by atoms with E-state index in [4.69, 9.17) is 0 Å². The molecule has 1 aliphatic heterocycles. The molecule has 2 heterocycles. The fourth-order valence-corrected chi connectivity index (χ4v) is 3.04. The first-order valence-electron chi connectivity index (χ1n) is 7.68. The van der Waals surface area contributed by atoms with Crippen LogP contribution in [0, 0.1) is 0 Å². The molecule has 0 radical (unpaired) electrons. The highest BCUT2D eigenvalue weighted by Crippen LogP contribution is 2.17. The lowest BCUT2D eigenvalue weighted by Gasteiger charge is -2.40. The van der Waals surface area contributed by atoms with Gasteiger partial charge in [-0.05, 0) is 18.9 Å². The predicted molar refractivity (Wildman–Crippen MR) is 79.0 cm³/mol. The van der Waals surface area contributed by atoms with Crippen LogP contribution in [0.1, 0.15) is 45.2 Å². The molecule has 108 valence electrons. The van der Waals surface area contributed by atoms with E-state index in [1.807, 2.05) is 17.9 Å². The highest BCUT2D eigenvalue weighted by Gasteiger charge is 2.27. The quantitative estimate of drug-likeness (QED) is 0.855. The van der Waals surface area contributed by atoms with E-state index in [0.717, 1.165) is 19.6 Å². The van der Waals surface area contributed by atoms with Gasteiger partial charge in [-0.15, -0.1) is 0 Å². The Hall–Kier alpha value is -0.870. The monoisotopic (exact) mass is 264 g/mol. The summed E-state index contributed by atoms with van der Waals surface area (Å²) in [5, 5.41) is 8.23. The molecule has 1 fully saturated rings. The average molecular weight is 264 g/mol. The normalized spacial score (nSPS) is 24.8. The van der Waals surface area contributed by atoms with Crippen molar-refractivity contribution in [3.05, 3.63) is 18.0 Å². The third-order valence-corrected chi connectivity index (χ3v) is 4.01. The van der Waals surface area contributed by atoms with Crippen LogP contribution in [-0.2, 0) is 13.6 Å². The van der Waals surface area contributed by atoms with Crippen molar-refractivity contribution in [3.63, 3.8) is 0 Å². The summed E-state index contributed by atoms with van der Waals surface area (Å²) in [5.41, 5.74) is 1.20. The Bertz CT molecular complexity index is 374. The molecule has 1 N–H and O–H groups in total. The van der Waals surface area contributed by atoms with Crippen LogP contribution in [0.2, 0.25) is 0 Å². The van der Waals surface area contributed by atoms with Crippen molar-refractivity contribution in [1.82, 2.24) is 20.0 Å². The zero-order valence-electron chi connectivity index (χ0n) is 12.6.